The molecule has 0 amide bonds. The third kappa shape index (κ3) is 3.04. The number of anilines is 4. The van der Waals surface area contributed by atoms with Gasteiger partial charge in [-0.15, -0.1) is 0 Å². The Bertz CT molecular complexity index is 608. The monoisotopic (exact) mass is 287 g/mol. The number of aromatic nitrogens is 2. The summed E-state index contributed by atoms with van der Waals surface area (Å²) < 4.78 is 12.9. The van der Waals surface area contributed by atoms with E-state index in [0.29, 0.717) is 11.5 Å². The molecule has 1 aromatic heterocycles. The van der Waals surface area contributed by atoms with Crippen LogP contribution >= 0.6 is 0 Å². The fourth-order valence-corrected chi connectivity index (χ4v) is 2.51. The summed E-state index contributed by atoms with van der Waals surface area (Å²) in [5.74, 6) is 1.05. The van der Waals surface area contributed by atoms with E-state index in [1.165, 1.54) is 24.9 Å². The molecule has 2 aromatic rings. The van der Waals surface area contributed by atoms with Crippen molar-refractivity contribution in [2.75, 3.05) is 29.0 Å². The van der Waals surface area contributed by atoms with E-state index < -0.39 is 0 Å². The molecule has 1 aromatic carbocycles. The lowest BCUT2D eigenvalue weighted by molar-refractivity contribution is 0.574. The molecule has 0 atom stereocenters. The Morgan fingerprint density at radius 2 is 1.76 bits per heavy atom. The first-order valence-electron chi connectivity index (χ1n) is 7.12. The number of nitrogens with one attached hydrogen (secondary N) is 1. The Morgan fingerprint density at radius 3 is 2.48 bits per heavy atom. The van der Waals surface area contributed by atoms with Crippen molar-refractivity contribution in [1.82, 2.24) is 9.97 Å². The third-order valence-electron chi connectivity index (χ3n) is 3.63. The highest BCUT2D eigenvalue weighted by molar-refractivity contribution is 5.78. The molecule has 1 fully saturated rings. The standard InChI is InChI=1S/C15H18FN5/c16-11-4-6-12(7-5-11)20-14-13(17)15(19-10-18-14)21-8-2-1-3-9-21/h4-7,10H,1-3,8-9,17H2,(H,18,19,20). The second kappa shape index (κ2) is 5.95. The summed E-state index contributed by atoms with van der Waals surface area (Å²) in [6, 6.07) is 6.09. The molecule has 6 heteroatoms. The summed E-state index contributed by atoms with van der Waals surface area (Å²) in [5.41, 5.74) is 7.46. The van der Waals surface area contributed by atoms with Crippen molar-refractivity contribution in [3.63, 3.8) is 0 Å². The van der Waals surface area contributed by atoms with Gasteiger partial charge in [0, 0.05) is 18.8 Å². The lowest BCUT2D eigenvalue weighted by Crippen LogP contribution is -2.31. The van der Waals surface area contributed by atoms with Crippen LogP contribution in [0.15, 0.2) is 30.6 Å². The largest absolute Gasteiger partial charge is 0.393 e. The molecular weight excluding hydrogens is 269 g/mol. The Hall–Kier alpha value is -2.37. The van der Waals surface area contributed by atoms with Crippen molar-refractivity contribution in [2.24, 2.45) is 0 Å². The SMILES string of the molecule is Nc1c(Nc2ccc(F)cc2)ncnc1N1CCCCC1. The first kappa shape index (κ1) is 13.6. The molecule has 0 unspecified atom stereocenters. The van der Waals surface area contributed by atoms with Crippen molar-refractivity contribution in [1.29, 1.82) is 0 Å². The van der Waals surface area contributed by atoms with E-state index in [9.17, 15) is 4.39 Å². The van der Waals surface area contributed by atoms with E-state index >= 15 is 0 Å². The second-order valence-corrected chi connectivity index (χ2v) is 5.14. The lowest BCUT2D eigenvalue weighted by atomic mass is 10.1. The number of nitrogens with two attached hydrogens (primary N) is 1. The van der Waals surface area contributed by atoms with Crippen LogP contribution in [0.5, 0.6) is 0 Å². The number of benzene rings is 1. The van der Waals surface area contributed by atoms with Crippen LogP contribution in [0.4, 0.5) is 27.4 Å². The predicted octanol–water partition coefficient (Wildman–Crippen LogP) is 2.93. The first-order valence-corrected chi connectivity index (χ1v) is 7.12. The molecule has 2 heterocycles. The van der Waals surface area contributed by atoms with Gasteiger partial charge in [-0.2, -0.15) is 0 Å². The van der Waals surface area contributed by atoms with Gasteiger partial charge in [0.05, 0.1) is 0 Å². The van der Waals surface area contributed by atoms with Crippen molar-refractivity contribution in [3.05, 3.63) is 36.4 Å². The van der Waals surface area contributed by atoms with Crippen LogP contribution in [0.1, 0.15) is 19.3 Å². The maximum Gasteiger partial charge on any atom is 0.159 e. The molecule has 1 aliphatic rings. The summed E-state index contributed by atoms with van der Waals surface area (Å²) in [7, 11) is 0. The minimum absolute atomic E-state index is 0.273. The molecule has 5 nitrogen and oxygen atoms in total. The number of rotatable bonds is 3. The van der Waals surface area contributed by atoms with Crippen molar-refractivity contribution in [3.8, 4) is 0 Å². The van der Waals surface area contributed by atoms with Crippen LogP contribution in [0.2, 0.25) is 0 Å². The molecule has 110 valence electrons. The number of nitrogen functional groups attached to an aromatic ring is 1. The van der Waals surface area contributed by atoms with Gasteiger partial charge in [-0.05, 0) is 43.5 Å². The van der Waals surface area contributed by atoms with Crippen LogP contribution in [0.25, 0.3) is 0 Å². The fraction of sp³-hybridized carbons (Fsp3) is 0.333. The molecule has 0 aliphatic carbocycles. The summed E-state index contributed by atoms with van der Waals surface area (Å²) in [5, 5.41) is 3.11. The van der Waals surface area contributed by atoms with Crippen molar-refractivity contribution in [2.45, 2.75) is 19.3 Å². The molecule has 0 radical (unpaired) electrons. The minimum atomic E-state index is -0.273. The molecule has 21 heavy (non-hydrogen) atoms. The Morgan fingerprint density at radius 1 is 1.05 bits per heavy atom. The zero-order valence-electron chi connectivity index (χ0n) is 11.7. The van der Waals surface area contributed by atoms with Crippen LogP contribution in [0.3, 0.4) is 0 Å². The summed E-state index contributed by atoms with van der Waals surface area (Å²) >= 11 is 0. The first-order chi connectivity index (χ1) is 10.2. The van der Waals surface area contributed by atoms with E-state index in [1.54, 1.807) is 12.1 Å². The van der Waals surface area contributed by atoms with E-state index in [1.807, 2.05) is 0 Å². The minimum Gasteiger partial charge on any atom is -0.393 e. The van der Waals surface area contributed by atoms with E-state index in [0.717, 1.165) is 37.4 Å². The Labute approximate surface area is 123 Å². The van der Waals surface area contributed by atoms with Gasteiger partial charge in [-0.1, -0.05) is 0 Å². The van der Waals surface area contributed by atoms with Gasteiger partial charge in [0.25, 0.3) is 0 Å². The molecule has 3 N–H and O–H groups in total. The molecule has 0 saturated carbocycles. The zero-order valence-corrected chi connectivity index (χ0v) is 11.7. The number of piperidine rings is 1. The molecule has 0 bridgehead atoms. The highest BCUT2D eigenvalue weighted by Gasteiger charge is 2.17. The third-order valence-corrected chi connectivity index (χ3v) is 3.63. The van der Waals surface area contributed by atoms with E-state index in [2.05, 4.69) is 20.2 Å². The van der Waals surface area contributed by atoms with Gasteiger partial charge in [0.1, 0.15) is 17.8 Å². The van der Waals surface area contributed by atoms with Gasteiger partial charge in [0.15, 0.2) is 11.6 Å². The van der Waals surface area contributed by atoms with Crippen LogP contribution in [-0.2, 0) is 0 Å². The van der Waals surface area contributed by atoms with Gasteiger partial charge in [-0.3, -0.25) is 0 Å². The van der Waals surface area contributed by atoms with E-state index in [-0.39, 0.29) is 5.82 Å². The highest BCUT2D eigenvalue weighted by atomic mass is 19.1. The summed E-state index contributed by atoms with van der Waals surface area (Å²) in [6.07, 6.45) is 5.07. The smallest absolute Gasteiger partial charge is 0.159 e. The van der Waals surface area contributed by atoms with Gasteiger partial charge in [-0.25, -0.2) is 14.4 Å². The van der Waals surface area contributed by atoms with Crippen LogP contribution in [-0.4, -0.2) is 23.1 Å². The number of nitrogens with zero attached hydrogens (tertiary/aromatic N) is 3. The lowest BCUT2D eigenvalue weighted by Gasteiger charge is -2.28. The summed E-state index contributed by atoms with van der Waals surface area (Å²) in [6.45, 7) is 1.94. The molecule has 1 aliphatic heterocycles. The fourth-order valence-electron chi connectivity index (χ4n) is 2.51. The van der Waals surface area contributed by atoms with E-state index in [4.69, 9.17) is 5.73 Å². The van der Waals surface area contributed by atoms with Gasteiger partial charge >= 0.3 is 0 Å². The molecule has 1 saturated heterocycles. The Balaban J connectivity index is 1.84. The number of hydrogen-bond acceptors (Lipinski definition) is 5. The molecular formula is C15H18FN5. The maximum atomic E-state index is 12.9. The molecule has 0 spiro atoms. The van der Waals surface area contributed by atoms with Gasteiger partial charge < -0.3 is 16.0 Å². The summed E-state index contributed by atoms with van der Waals surface area (Å²) in [4.78, 5) is 10.7. The van der Waals surface area contributed by atoms with Gasteiger partial charge in [0.2, 0.25) is 0 Å². The normalized spacial score (nSPS) is 15.0. The molecule has 3 rings (SSSR count). The number of hydrogen-bond donors (Lipinski definition) is 2. The average Bonchev–Trinajstić information content (AvgIpc) is 2.52. The topological polar surface area (TPSA) is 67.1 Å². The number of halogens is 1. The zero-order chi connectivity index (χ0) is 14.7. The van der Waals surface area contributed by atoms with Crippen LogP contribution < -0.4 is 16.0 Å². The maximum absolute atomic E-state index is 12.9. The highest BCUT2D eigenvalue weighted by Crippen LogP contribution is 2.30. The quantitative estimate of drug-likeness (QED) is 0.908. The van der Waals surface area contributed by atoms with Crippen molar-refractivity contribution < 1.29 is 4.39 Å². The predicted molar refractivity (Wildman–Crippen MR) is 82.2 cm³/mol. The second-order valence-electron chi connectivity index (χ2n) is 5.14. The average molecular weight is 287 g/mol. The van der Waals surface area contributed by atoms with Crippen molar-refractivity contribution >= 4 is 23.0 Å². The van der Waals surface area contributed by atoms with Crippen LogP contribution in [0, 0.1) is 5.82 Å². The Kier molecular flexibility index (Phi) is 3.85.